The van der Waals surface area contributed by atoms with Gasteiger partial charge in [-0.05, 0) is 11.8 Å². The summed E-state index contributed by atoms with van der Waals surface area (Å²) in [5.74, 6) is -0.946. The first-order valence-electron chi connectivity index (χ1n) is 6.65. The number of carbonyl (C=O) groups excluding carboxylic acids is 1. The first-order chi connectivity index (χ1) is 8.81. The van der Waals surface area contributed by atoms with Crippen molar-refractivity contribution in [3.63, 3.8) is 0 Å². The van der Waals surface area contributed by atoms with Crippen LogP contribution in [0.5, 0.6) is 0 Å². The summed E-state index contributed by atoms with van der Waals surface area (Å²) in [6.45, 7) is 5.07. The van der Waals surface area contributed by atoms with Gasteiger partial charge in [0.25, 0.3) is 0 Å². The molecule has 6 heteroatoms. The summed E-state index contributed by atoms with van der Waals surface area (Å²) in [6, 6.07) is 0.152. The number of nitrogens with one attached hydrogen (secondary N) is 1. The van der Waals surface area contributed by atoms with Gasteiger partial charge in [0.15, 0.2) is 5.60 Å². The molecule has 0 aromatic rings. The largest absolute Gasteiger partial charge is 0.479 e. The third-order valence-corrected chi connectivity index (χ3v) is 4.45. The number of ether oxygens (including phenoxy) is 1. The maximum atomic E-state index is 12.0. The minimum Gasteiger partial charge on any atom is -0.479 e. The number of hydrogen-bond donors (Lipinski definition) is 2. The van der Waals surface area contributed by atoms with Crippen LogP contribution in [0, 0.1) is 5.41 Å². The van der Waals surface area contributed by atoms with Crippen molar-refractivity contribution >= 4 is 12.0 Å². The van der Waals surface area contributed by atoms with Gasteiger partial charge in [0, 0.05) is 39.1 Å². The molecule has 1 aliphatic heterocycles. The molecule has 2 fully saturated rings. The van der Waals surface area contributed by atoms with E-state index in [0.717, 1.165) is 6.42 Å². The molecule has 1 saturated carbocycles. The highest BCUT2D eigenvalue weighted by atomic mass is 16.5. The Labute approximate surface area is 113 Å². The molecule has 6 nitrogen and oxygen atoms in total. The Balaban J connectivity index is 1.86. The predicted molar refractivity (Wildman–Crippen MR) is 68.9 cm³/mol. The lowest BCUT2D eigenvalue weighted by Crippen LogP contribution is -2.54. The molecule has 1 saturated heterocycles. The second-order valence-electron chi connectivity index (χ2n) is 6.19. The molecule has 0 bridgehead atoms. The first kappa shape index (κ1) is 14.1. The van der Waals surface area contributed by atoms with E-state index in [-0.39, 0.29) is 17.5 Å². The number of carbonyl (C=O) groups is 2. The van der Waals surface area contributed by atoms with Gasteiger partial charge in [-0.25, -0.2) is 9.59 Å². The second-order valence-corrected chi connectivity index (χ2v) is 6.19. The molecule has 1 atom stereocenters. The third-order valence-electron chi connectivity index (χ3n) is 4.45. The van der Waals surface area contributed by atoms with Crippen molar-refractivity contribution in [2.75, 3.05) is 20.2 Å². The van der Waals surface area contributed by atoms with Crippen LogP contribution in [0.15, 0.2) is 0 Å². The molecular weight excluding hydrogens is 248 g/mol. The van der Waals surface area contributed by atoms with Crippen LogP contribution in [0.25, 0.3) is 0 Å². The van der Waals surface area contributed by atoms with Crippen LogP contribution in [0.3, 0.4) is 0 Å². The van der Waals surface area contributed by atoms with E-state index in [1.807, 2.05) is 0 Å². The number of amides is 2. The van der Waals surface area contributed by atoms with Gasteiger partial charge >= 0.3 is 12.0 Å². The van der Waals surface area contributed by atoms with Crippen LogP contribution in [0.4, 0.5) is 4.79 Å². The van der Waals surface area contributed by atoms with Gasteiger partial charge in [-0.2, -0.15) is 0 Å². The molecule has 1 unspecified atom stereocenters. The average molecular weight is 270 g/mol. The van der Waals surface area contributed by atoms with Gasteiger partial charge in [-0.3, -0.25) is 0 Å². The molecule has 19 heavy (non-hydrogen) atoms. The monoisotopic (exact) mass is 270 g/mol. The lowest BCUT2D eigenvalue weighted by atomic mass is 9.91. The van der Waals surface area contributed by atoms with Crippen molar-refractivity contribution in [2.24, 2.45) is 5.41 Å². The van der Waals surface area contributed by atoms with Crippen molar-refractivity contribution in [1.82, 2.24) is 10.2 Å². The fourth-order valence-corrected chi connectivity index (χ4v) is 2.53. The molecule has 0 radical (unpaired) electrons. The van der Waals surface area contributed by atoms with Crippen LogP contribution >= 0.6 is 0 Å². The molecule has 0 spiro atoms. The fraction of sp³-hybridized carbons (Fsp3) is 0.846. The van der Waals surface area contributed by atoms with Crippen LogP contribution in [-0.2, 0) is 9.53 Å². The van der Waals surface area contributed by atoms with Gasteiger partial charge in [0.1, 0.15) is 0 Å². The van der Waals surface area contributed by atoms with Crippen molar-refractivity contribution in [1.29, 1.82) is 0 Å². The molecule has 2 N–H and O–H groups in total. The molecule has 1 heterocycles. The van der Waals surface area contributed by atoms with Crippen LogP contribution in [0.2, 0.25) is 0 Å². The number of hydrogen-bond acceptors (Lipinski definition) is 3. The lowest BCUT2D eigenvalue weighted by Gasteiger charge is -2.37. The number of urea groups is 1. The molecule has 0 aromatic heterocycles. The Bertz CT molecular complexity index is 386. The van der Waals surface area contributed by atoms with E-state index >= 15 is 0 Å². The summed E-state index contributed by atoms with van der Waals surface area (Å²) in [4.78, 5) is 24.9. The smallest absolute Gasteiger partial charge is 0.336 e. The number of rotatable bonds is 3. The highest BCUT2D eigenvalue weighted by Crippen LogP contribution is 2.44. The fourth-order valence-electron chi connectivity index (χ4n) is 2.53. The quantitative estimate of drug-likeness (QED) is 0.803. The average Bonchev–Trinajstić information content (AvgIpc) is 2.96. The highest BCUT2D eigenvalue weighted by molar-refractivity contribution is 5.79. The van der Waals surface area contributed by atoms with E-state index < -0.39 is 11.6 Å². The van der Waals surface area contributed by atoms with Crippen LogP contribution in [0.1, 0.15) is 33.1 Å². The summed E-state index contributed by atoms with van der Waals surface area (Å²) in [5, 5.41) is 12.2. The van der Waals surface area contributed by atoms with Gasteiger partial charge in [0.05, 0.1) is 0 Å². The topological polar surface area (TPSA) is 78.9 Å². The zero-order valence-electron chi connectivity index (χ0n) is 11.7. The Morgan fingerprint density at radius 2 is 1.84 bits per heavy atom. The number of carboxylic acids is 1. The molecule has 108 valence electrons. The van der Waals surface area contributed by atoms with Gasteiger partial charge < -0.3 is 20.1 Å². The Hall–Kier alpha value is -1.30. The zero-order valence-corrected chi connectivity index (χ0v) is 11.7. The number of carboxylic acid groups (broad SMARTS) is 1. The standard InChI is InChI=1S/C13H22N2O4/c1-12(2)8-9(12)14-11(18)15-6-4-13(19-3,5-7-15)10(16)17/h9H,4-8H2,1-3H3,(H,14,18)(H,16,17). The highest BCUT2D eigenvalue weighted by Gasteiger charge is 2.48. The summed E-state index contributed by atoms with van der Waals surface area (Å²) >= 11 is 0. The van der Waals surface area contributed by atoms with Crippen molar-refractivity contribution in [3.05, 3.63) is 0 Å². The lowest BCUT2D eigenvalue weighted by molar-refractivity contribution is -0.167. The Morgan fingerprint density at radius 3 is 2.21 bits per heavy atom. The first-order valence-corrected chi connectivity index (χ1v) is 6.65. The SMILES string of the molecule is COC1(C(=O)O)CCN(C(=O)NC2CC2(C)C)CC1. The minimum absolute atomic E-state index is 0.0920. The molecule has 0 aromatic carbocycles. The number of piperidine rings is 1. The summed E-state index contributed by atoms with van der Waals surface area (Å²) in [5.41, 5.74) is -0.932. The molecule has 2 rings (SSSR count). The van der Waals surface area contributed by atoms with E-state index in [1.165, 1.54) is 7.11 Å². The number of methoxy groups -OCH3 is 1. The van der Waals surface area contributed by atoms with Crippen molar-refractivity contribution < 1.29 is 19.4 Å². The molecule has 1 aliphatic carbocycles. The predicted octanol–water partition coefficient (Wildman–Crippen LogP) is 1.06. The van der Waals surface area contributed by atoms with E-state index in [2.05, 4.69) is 19.2 Å². The molecule has 2 aliphatic rings. The van der Waals surface area contributed by atoms with E-state index in [1.54, 1.807) is 4.90 Å². The van der Waals surface area contributed by atoms with Gasteiger partial charge in [-0.1, -0.05) is 13.8 Å². The van der Waals surface area contributed by atoms with Crippen LogP contribution in [-0.4, -0.2) is 53.8 Å². The molecule has 2 amide bonds. The Morgan fingerprint density at radius 1 is 1.32 bits per heavy atom. The van der Waals surface area contributed by atoms with E-state index in [0.29, 0.717) is 25.9 Å². The van der Waals surface area contributed by atoms with E-state index in [4.69, 9.17) is 4.74 Å². The Kier molecular flexibility index (Phi) is 3.47. The molecular formula is C13H22N2O4. The number of nitrogens with zero attached hydrogens (tertiary/aromatic N) is 1. The van der Waals surface area contributed by atoms with Crippen molar-refractivity contribution in [2.45, 2.75) is 44.8 Å². The van der Waals surface area contributed by atoms with Gasteiger partial charge in [0.2, 0.25) is 0 Å². The number of likely N-dealkylation sites (tertiary alicyclic amines) is 1. The summed E-state index contributed by atoms with van der Waals surface area (Å²) in [7, 11) is 1.41. The minimum atomic E-state index is -1.13. The second kappa shape index (κ2) is 4.67. The van der Waals surface area contributed by atoms with Crippen LogP contribution < -0.4 is 5.32 Å². The normalized spacial score (nSPS) is 27.7. The van der Waals surface area contributed by atoms with Gasteiger partial charge in [-0.15, -0.1) is 0 Å². The number of aliphatic carboxylic acids is 1. The summed E-state index contributed by atoms with van der Waals surface area (Å²) in [6.07, 6.45) is 1.67. The zero-order chi connectivity index (χ0) is 14.3. The van der Waals surface area contributed by atoms with E-state index in [9.17, 15) is 14.7 Å². The maximum Gasteiger partial charge on any atom is 0.336 e. The maximum absolute atomic E-state index is 12.0. The third kappa shape index (κ3) is 2.68. The summed E-state index contributed by atoms with van der Waals surface area (Å²) < 4.78 is 5.14. The van der Waals surface area contributed by atoms with Crippen molar-refractivity contribution in [3.8, 4) is 0 Å².